The van der Waals surface area contributed by atoms with Gasteiger partial charge in [-0.15, -0.1) is 0 Å². The van der Waals surface area contributed by atoms with Gasteiger partial charge in [0, 0.05) is 17.5 Å². The van der Waals surface area contributed by atoms with E-state index in [-0.39, 0.29) is 11.3 Å². The Morgan fingerprint density at radius 3 is 2.81 bits per heavy atom. The third-order valence-electron chi connectivity index (χ3n) is 4.06. The number of halogens is 1. The van der Waals surface area contributed by atoms with E-state index in [1.807, 2.05) is 25.2 Å². The molecule has 21 heavy (non-hydrogen) atoms. The summed E-state index contributed by atoms with van der Waals surface area (Å²) in [6, 6.07) is 7.30. The van der Waals surface area contributed by atoms with Crippen molar-refractivity contribution in [3.63, 3.8) is 0 Å². The second-order valence-electron chi connectivity index (χ2n) is 5.84. The van der Waals surface area contributed by atoms with Crippen LogP contribution in [0.3, 0.4) is 0 Å². The number of rotatable bonds is 5. The van der Waals surface area contributed by atoms with E-state index < -0.39 is 0 Å². The molecule has 116 valence electrons. The molecule has 0 atom stereocenters. The Labute approximate surface area is 131 Å². The smallest absolute Gasteiger partial charge is 0.228 e. The number of hydrogen-bond donors (Lipinski definition) is 1. The Morgan fingerprint density at radius 1 is 1.43 bits per heavy atom. The molecule has 1 aliphatic heterocycles. The first-order chi connectivity index (χ1) is 10.0. The average Bonchev–Trinajstić information content (AvgIpc) is 2.47. The average molecular weight is 311 g/mol. The highest BCUT2D eigenvalue weighted by Gasteiger charge is 2.36. The van der Waals surface area contributed by atoms with E-state index in [4.69, 9.17) is 16.3 Å². The molecule has 1 aliphatic rings. The number of carbonyl (C=O) groups is 1. The minimum absolute atomic E-state index is 0.207. The van der Waals surface area contributed by atoms with E-state index in [0.29, 0.717) is 18.2 Å². The largest absolute Gasteiger partial charge is 0.492 e. The number of likely N-dealkylation sites (N-methyl/N-ethyl adjacent to an activating group) is 1. The summed E-state index contributed by atoms with van der Waals surface area (Å²) in [5.41, 5.74) is -0.240. The van der Waals surface area contributed by atoms with Gasteiger partial charge in [-0.05, 0) is 44.1 Å². The van der Waals surface area contributed by atoms with E-state index >= 15 is 0 Å². The number of ether oxygens (including phenoxy) is 1. The van der Waals surface area contributed by atoms with Crippen LogP contribution in [0.15, 0.2) is 24.3 Å². The lowest BCUT2D eigenvalue weighted by Gasteiger charge is -2.35. The van der Waals surface area contributed by atoms with Crippen LogP contribution in [0.2, 0.25) is 5.02 Å². The maximum atomic E-state index is 12.5. The number of benzene rings is 1. The molecule has 1 saturated heterocycles. The summed E-state index contributed by atoms with van der Waals surface area (Å²) in [4.78, 5) is 14.3. The van der Waals surface area contributed by atoms with E-state index in [1.165, 1.54) is 0 Å². The summed E-state index contributed by atoms with van der Waals surface area (Å²) < 4.78 is 5.64. The third-order valence-corrected chi connectivity index (χ3v) is 4.30. The maximum absolute atomic E-state index is 12.5. The van der Waals surface area contributed by atoms with Crippen molar-refractivity contribution in [1.82, 2.24) is 10.2 Å². The predicted octanol–water partition coefficient (Wildman–Crippen LogP) is 2.57. The molecule has 1 N–H and O–H groups in total. The van der Waals surface area contributed by atoms with Gasteiger partial charge < -0.3 is 15.0 Å². The van der Waals surface area contributed by atoms with Crippen molar-refractivity contribution >= 4 is 17.5 Å². The minimum atomic E-state index is -0.240. The SMILES string of the molecule is CN(CCOc1cccc(Cl)c1)C(=O)C1(C)CCNCC1. The van der Waals surface area contributed by atoms with Gasteiger partial charge in [-0.25, -0.2) is 0 Å². The lowest BCUT2D eigenvalue weighted by Crippen LogP contribution is -2.47. The van der Waals surface area contributed by atoms with Gasteiger partial charge in [-0.3, -0.25) is 4.79 Å². The van der Waals surface area contributed by atoms with Crippen LogP contribution in [0.5, 0.6) is 5.75 Å². The first-order valence-corrected chi connectivity index (χ1v) is 7.74. The summed E-state index contributed by atoms with van der Waals surface area (Å²) in [5.74, 6) is 0.940. The van der Waals surface area contributed by atoms with Gasteiger partial charge in [0.1, 0.15) is 12.4 Å². The van der Waals surface area contributed by atoms with Crippen LogP contribution in [0.4, 0.5) is 0 Å². The standard InChI is InChI=1S/C16H23ClN2O2/c1-16(6-8-18-9-7-16)15(20)19(2)10-11-21-14-5-3-4-13(17)12-14/h3-5,12,18H,6-11H2,1-2H3. The second kappa shape index (κ2) is 7.14. The molecule has 0 saturated carbocycles. The lowest BCUT2D eigenvalue weighted by molar-refractivity contribution is -0.141. The van der Waals surface area contributed by atoms with Crippen molar-refractivity contribution in [2.24, 2.45) is 5.41 Å². The van der Waals surface area contributed by atoms with Gasteiger partial charge in [0.05, 0.1) is 6.54 Å². The molecule has 1 aromatic carbocycles. The molecule has 0 aliphatic carbocycles. The zero-order chi connectivity index (χ0) is 15.3. The Balaban J connectivity index is 1.81. The summed E-state index contributed by atoms with van der Waals surface area (Å²) in [6.45, 7) is 4.93. The molecule has 4 nitrogen and oxygen atoms in total. The Morgan fingerprint density at radius 2 is 2.14 bits per heavy atom. The monoisotopic (exact) mass is 310 g/mol. The summed E-state index contributed by atoms with van der Waals surface area (Å²) in [7, 11) is 1.84. The molecule has 1 amide bonds. The van der Waals surface area contributed by atoms with Crippen LogP contribution in [0.25, 0.3) is 0 Å². The van der Waals surface area contributed by atoms with Crippen molar-refractivity contribution in [3.05, 3.63) is 29.3 Å². The molecule has 2 rings (SSSR count). The second-order valence-corrected chi connectivity index (χ2v) is 6.28. The van der Waals surface area contributed by atoms with E-state index in [2.05, 4.69) is 12.2 Å². The summed E-state index contributed by atoms with van der Waals surface area (Å²) in [6.07, 6.45) is 1.79. The van der Waals surface area contributed by atoms with Crippen molar-refractivity contribution < 1.29 is 9.53 Å². The molecule has 0 aromatic heterocycles. The zero-order valence-electron chi connectivity index (χ0n) is 12.7. The fourth-order valence-electron chi connectivity index (χ4n) is 2.61. The Kier molecular flexibility index (Phi) is 5.48. The topological polar surface area (TPSA) is 41.6 Å². The zero-order valence-corrected chi connectivity index (χ0v) is 13.4. The number of hydrogen-bond acceptors (Lipinski definition) is 3. The lowest BCUT2D eigenvalue weighted by atomic mass is 9.80. The number of piperidine rings is 1. The first kappa shape index (κ1) is 16.1. The molecule has 1 heterocycles. The summed E-state index contributed by atoms with van der Waals surface area (Å²) >= 11 is 5.91. The van der Waals surface area contributed by atoms with Gasteiger partial charge in [0.15, 0.2) is 0 Å². The molecule has 0 radical (unpaired) electrons. The maximum Gasteiger partial charge on any atom is 0.228 e. The van der Waals surface area contributed by atoms with Gasteiger partial charge >= 0.3 is 0 Å². The van der Waals surface area contributed by atoms with Crippen molar-refractivity contribution in [2.75, 3.05) is 33.3 Å². The predicted molar refractivity (Wildman–Crippen MR) is 84.8 cm³/mol. The summed E-state index contributed by atoms with van der Waals surface area (Å²) in [5, 5.41) is 3.95. The van der Waals surface area contributed by atoms with Crippen LogP contribution in [-0.4, -0.2) is 44.1 Å². The van der Waals surface area contributed by atoms with Crippen LogP contribution < -0.4 is 10.1 Å². The Bertz CT molecular complexity index is 487. The van der Waals surface area contributed by atoms with Crippen LogP contribution in [0.1, 0.15) is 19.8 Å². The minimum Gasteiger partial charge on any atom is -0.492 e. The molecule has 0 spiro atoms. The highest BCUT2D eigenvalue weighted by Crippen LogP contribution is 2.29. The van der Waals surface area contributed by atoms with Crippen LogP contribution >= 0.6 is 11.6 Å². The molecular formula is C16H23ClN2O2. The molecule has 0 bridgehead atoms. The van der Waals surface area contributed by atoms with Crippen molar-refractivity contribution in [1.29, 1.82) is 0 Å². The normalized spacial score (nSPS) is 17.3. The highest BCUT2D eigenvalue weighted by molar-refractivity contribution is 6.30. The number of nitrogens with one attached hydrogen (secondary N) is 1. The fourth-order valence-corrected chi connectivity index (χ4v) is 2.79. The van der Waals surface area contributed by atoms with E-state index in [9.17, 15) is 4.79 Å². The number of amides is 1. The Hall–Kier alpha value is -1.26. The third kappa shape index (κ3) is 4.35. The quantitative estimate of drug-likeness (QED) is 0.909. The van der Waals surface area contributed by atoms with Gasteiger partial charge in [0.25, 0.3) is 0 Å². The molecule has 0 unspecified atom stereocenters. The fraction of sp³-hybridized carbons (Fsp3) is 0.562. The van der Waals surface area contributed by atoms with Crippen molar-refractivity contribution in [2.45, 2.75) is 19.8 Å². The first-order valence-electron chi connectivity index (χ1n) is 7.36. The van der Waals surface area contributed by atoms with Crippen molar-refractivity contribution in [3.8, 4) is 5.75 Å². The van der Waals surface area contributed by atoms with Crippen LogP contribution in [-0.2, 0) is 4.79 Å². The molecular weight excluding hydrogens is 288 g/mol. The molecule has 1 aromatic rings. The number of carbonyl (C=O) groups excluding carboxylic acids is 1. The highest BCUT2D eigenvalue weighted by atomic mass is 35.5. The van der Waals surface area contributed by atoms with E-state index in [0.717, 1.165) is 31.7 Å². The number of nitrogens with zero attached hydrogens (tertiary/aromatic N) is 1. The van der Waals surface area contributed by atoms with Gasteiger partial charge in [0.2, 0.25) is 5.91 Å². The van der Waals surface area contributed by atoms with Gasteiger partial charge in [-0.1, -0.05) is 24.6 Å². The molecule has 5 heteroatoms. The van der Waals surface area contributed by atoms with E-state index in [1.54, 1.807) is 11.0 Å². The van der Waals surface area contributed by atoms with Gasteiger partial charge in [-0.2, -0.15) is 0 Å². The molecule has 1 fully saturated rings. The van der Waals surface area contributed by atoms with Crippen LogP contribution in [0, 0.1) is 5.41 Å².